The Hall–Kier alpha value is -2.82. The second-order valence-corrected chi connectivity index (χ2v) is 4.95. The van der Waals surface area contributed by atoms with Gasteiger partial charge in [0.2, 0.25) is 0 Å². The van der Waals surface area contributed by atoms with E-state index in [4.69, 9.17) is 9.94 Å². The molecule has 2 aromatic rings. The first-order valence-corrected chi connectivity index (χ1v) is 6.86. The lowest BCUT2D eigenvalue weighted by molar-refractivity contribution is -0.118. The minimum Gasteiger partial charge on any atom is -0.484 e. The molecule has 2 rings (SSSR count). The van der Waals surface area contributed by atoms with Gasteiger partial charge in [-0.25, -0.2) is 0 Å². The van der Waals surface area contributed by atoms with Crippen LogP contribution >= 0.6 is 0 Å². The lowest BCUT2D eigenvalue weighted by Gasteiger charge is -2.09. The minimum atomic E-state index is -0.218. The van der Waals surface area contributed by atoms with Crippen molar-refractivity contribution >= 4 is 17.8 Å². The number of oxime groups is 1. The summed E-state index contributed by atoms with van der Waals surface area (Å²) in [7, 11) is 0. The number of hydrogen-bond donors (Lipinski definition) is 2. The molecule has 0 bridgehead atoms. The summed E-state index contributed by atoms with van der Waals surface area (Å²) in [5.41, 5.74) is 3.81. The second-order valence-electron chi connectivity index (χ2n) is 4.95. The molecule has 0 unspecified atom stereocenters. The zero-order chi connectivity index (χ0) is 15.9. The van der Waals surface area contributed by atoms with E-state index >= 15 is 0 Å². The normalized spacial score (nSPS) is 10.6. The molecule has 0 heterocycles. The largest absolute Gasteiger partial charge is 0.484 e. The van der Waals surface area contributed by atoms with E-state index < -0.39 is 0 Å². The molecule has 5 heteroatoms. The molecule has 1 amide bonds. The average molecular weight is 298 g/mol. The minimum absolute atomic E-state index is 0.0691. The molecule has 0 aromatic heterocycles. The van der Waals surface area contributed by atoms with Gasteiger partial charge in [-0.1, -0.05) is 11.2 Å². The van der Waals surface area contributed by atoms with E-state index in [0.29, 0.717) is 5.75 Å². The first-order valence-electron chi connectivity index (χ1n) is 6.86. The van der Waals surface area contributed by atoms with Gasteiger partial charge in [-0.3, -0.25) is 4.79 Å². The topological polar surface area (TPSA) is 70.9 Å². The molecule has 5 nitrogen and oxygen atoms in total. The highest BCUT2D eigenvalue weighted by atomic mass is 16.5. The molecule has 0 fully saturated rings. The van der Waals surface area contributed by atoms with E-state index in [2.05, 4.69) is 10.5 Å². The van der Waals surface area contributed by atoms with Gasteiger partial charge in [0.15, 0.2) is 6.61 Å². The van der Waals surface area contributed by atoms with Crippen LogP contribution in [0.3, 0.4) is 0 Å². The number of anilines is 1. The number of amides is 1. The molecule has 22 heavy (non-hydrogen) atoms. The van der Waals surface area contributed by atoms with E-state index in [1.54, 1.807) is 24.3 Å². The van der Waals surface area contributed by atoms with Gasteiger partial charge >= 0.3 is 0 Å². The summed E-state index contributed by atoms with van der Waals surface area (Å²) in [6.45, 7) is 3.95. The predicted octanol–water partition coefficient (Wildman–Crippen LogP) is 3.13. The molecular formula is C17H18N2O3. The lowest BCUT2D eigenvalue weighted by atomic mass is 10.1. The highest BCUT2D eigenvalue weighted by molar-refractivity contribution is 5.92. The third-order valence-electron chi connectivity index (χ3n) is 3.25. The highest BCUT2D eigenvalue weighted by Crippen LogP contribution is 2.15. The molecule has 114 valence electrons. The Kier molecular flexibility index (Phi) is 5.14. The van der Waals surface area contributed by atoms with E-state index in [9.17, 15) is 4.79 Å². The first kappa shape index (κ1) is 15.6. The van der Waals surface area contributed by atoms with Crippen molar-refractivity contribution in [1.29, 1.82) is 0 Å². The van der Waals surface area contributed by atoms with Gasteiger partial charge in [0, 0.05) is 5.69 Å². The molecule has 0 radical (unpaired) electrons. The van der Waals surface area contributed by atoms with Crippen molar-refractivity contribution < 1.29 is 14.7 Å². The van der Waals surface area contributed by atoms with Crippen LogP contribution in [0.15, 0.2) is 47.6 Å². The van der Waals surface area contributed by atoms with E-state index in [1.807, 2.05) is 32.0 Å². The van der Waals surface area contributed by atoms with Crippen molar-refractivity contribution in [3.63, 3.8) is 0 Å². The van der Waals surface area contributed by atoms with Crippen molar-refractivity contribution in [1.82, 2.24) is 0 Å². The van der Waals surface area contributed by atoms with E-state index in [1.165, 1.54) is 11.8 Å². The van der Waals surface area contributed by atoms with Gasteiger partial charge in [-0.2, -0.15) is 0 Å². The van der Waals surface area contributed by atoms with Crippen LogP contribution in [0, 0.1) is 13.8 Å². The lowest BCUT2D eigenvalue weighted by Crippen LogP contribution is -2.20. The van der Waals surface area contributed by atoms with Crippen molar-refractivity contribution in [2.75, 3.05) is 11.9 Å². The summed E-state index contributed by atoms with van der Waals surface area (Å²) in [5.74, 6) is 0.356. The van der Waals surface area contributed by atoms with E-state index in [0.717, 1.165) is 16.8 Å². The fourth-order valence-electron chi connectivity index (χ4n) is 1.88. The zero-order valence-corrected chi connectivity index (χ0v) is 12.5. The summed E-state index contributed by atoms with van der Waals surface area (Å²) in [5, 5.41) is 14.2. The molecule has 0 aliphatic rings. The van der Waals surface area contributed by atoms with Crippen LogP contribution < -0.4 is 10.1 Å². The van der Waals surface area contributed by atoms with Crippen LogP contribution in [0.4, 0.5) is 5.69 Å². The van der Waals surface area contributed by atoms with Gasteiger partial charge in [0.1, 0.15) is 5.75 Å². The maximum atomic E-state index is 11.9. The Morgan fingerprint density at radius 1 is 1.18 bits per heavy atom. The van der Waals surface area contributed by atoms with Crippen LogP contribution in [-0.4, -0.2) is 23.9 Å². The standard InChI is InChI=1S/C17H18N2O3/c1-12-3-6-15(9-13(12)2)19-17(20)11-22-16-7-4-14(5-8-16)10-18-21/h3-10,21H,11H2,1-2H3,(H,19,20)/b18-10+. The maximum Gasteiger partial charge on any atom is 0.262 e. The Labute approximate surface area is 129 Å². The third-order valence-corrected chi connectivity index (χ3v) is 3.25. The molecule has 0 saturated heterocycles. The summed E-state index contributed by atoms with van der Waals surface area (Å²) >= 11 is 0. The molecule has 2 N–H and O–H groups in total. The van der Waals surface area contributed by atoms with Crippen LogP contribution in [0.2, 0.25) is 0 Å². The van der Waals surface area contributed by atoms with Gasteiger partial charge in [0.25, 0.3) is 5.91 Å². The summed E-state index contributed by atoms with van der Waals surface area (Å²) in [4.78, 5) is 11.9. The van der Waals surface area contributed by atoms with Crippen molar-refractivity contribution in [3.8, 4) is 5.75 Å². The van der Waals surface area contributed by atoms with Crippen LogP contribution in [0.5, 0.6) is 5.75 Å². The number of nitrogens with one attached hydrogen (secondary N) is 1. The third kappa shape index (κ3) is 4.34. The van der Waals surface area contributed by atoms with Crippen molar-refractivity contribution in [2.45, 2.75) is 13.8 Å². The van der Waals surface area contributed by atoms with Gasteiger partial charge in [-0.15, -0.1) is 0 Å². The number of hydrogen-bond acceptors (Lipinski definition) is 4. The summed E-state index contributed by atoms with van der Waals surface area (Å²) in [6, 6.07) is 12.6. The summed E-state index contributed by atoms with van der Waals surface area (Å²) < 4.78 is 5.41. The van der Waals surface area contributed by atoms with Crippen LogP contribution in [-0.2, 0) is 4.79 Å². The predicted molar refractivity (Wildman–Crippen MR) is 85.9 cm³/mol. The molecule has 0 atom stereocenters. The SMILES string of the molecule is Cc1ccc(NC(=O)COc2ccc(/C=N/O)cc2)cc1C. The van der Waals surface area contributed by atoms with Crippen molar-refractivity contribution in [2.24, 2.45) is 5.16 Å². The molecule has 0 aliphatic heterocycles. The highest BCUT2D eigenvalue weighted by Gasteiger charge is 2.04. The Morgan fingerprint density at radius 2 is 1.91 bits per heavy atom. The number of carbonyl (C=O) groups excluding carboxylic acids is 1. The maximum absolute atomic E-state index is 11.9. The Morgan fingerprint density at radius 3 is 2.55 bits per heavy atom. The van der Waals surface area contributed by atoms with Gasteiger partial charge < -0.3 is 15.3 Å². The van der Waals surface area contributed by atoms with Crippen LogP contribution in [0.1, 0.15) is 16.7 Å². The smallest absolute Gasteiger partial charge is 0.262 e. The van der Waals surface area contributed by atoms with E-state index in [-0.39, 0.29) is 12.5 Å². The number of nitrogens with zero attached hydrogens (tertiary/aromatic N) is 1. The molecule has 0 aliphatic carbocycles. The average Bonchev–Trinajstić information content (AvgIpc) is 2.51. The molecule has 0 spiro atoms. The molecular weight excluding hydrogens is 280 g/mol. The number of rotatable bonds is 5. The fraction of sp³-hybridized carbons (Fsp3) is 0.176. The first-order chi connectivity index (χ1) is 10.6. The molecule has 0 saturated carbocycles. The Bertz CT molecular complexity index is 679. The molecule has 2 aromatic carbocycles. The number of benzene rings is 2. The monoisotopic (exact) mass is 298 g/mol. The number of carbonyl (C=O) groups is 1. The van der Waals surface area contributed by atoms with Gasteiger partial charge in [-0.05, 0) is 66.9 Å². The Balaban J connectivity index is 1.88. The van der Waals surface area contributed by atoms with Gasteiger partial charge in [0.05, 0.1) is 6.21 Å². The number of ether oxygens (including phenoxy) is 1. The van der Waals surface area contributed by atoms with Crippen LogP contribution in [0.25, 0.3) is 0 Å². The number of aryl methyl sites for hydroxylation is 2. The zero-order valence-electron chi connectivity index (χ0n) is 12.5. The second kappa shape index (κ2) is 7.26. The fourth-order valence-corrected chi connectivity index (χ4v) is 1.88. The van der Waals surface area contributed by atoms with Crippen molar-refractivity contribution in [3.05, 3.63) is 59.2 Å². The quantitative estimate of drug-likeness (QED) is 0.506. The summed E-state index contributed by atoms with van der Waals surface area (Å²) in [6.07, 6.45) is 1.32.